The number of halogens is 2. The molecule has 29 heavy (non-hydrogen) atoms. The van der Waals surface area contributed by atoms with Crippen LogP contribution in [0.1, 0.15) is 17.2 Å². The first-order valence-corrected chi connectivity index (χ1v) is 9.25. The summed E-state index contributed by atoms with van der Waals surface area (Å²) in [4.78, 5) is 2.09. The van der Waals surface area contributed by atoms with Gasteiger partial charge in [0, 0.05) is 24.8 Å². The normalized spacial score (nSPS) is 14.6. The molecular formula is C24H20F2NO2. The van der Waals surface area contributed by atoms with Gasteiger partial charge in [-0.1, -0.05) is 36.4 Å². The van der Waals surface area contributed by atoms with Crippen LogP contribution in [0.15, 0.2) is 73.3 Å². The molecule has 0 N–H and O–H groups in total. The van der Waals surface area contributed by atoms with Gasteiger partial charge in [-0.3, -0.25) is 0 Å². The van der Waals surface area contributed by atoms with Crippen molar-refractivity contribution < 1.29 is 18.3 Å². The number of hydrogen-bond donors (Lipinski definition) is 0. The summed E-state index contributed by atoms with van der Waals surface area (Å²) >= 11 is 0. The van der Waals surface area contributed by atoms with Gasteiger partial charge in [0.15, 0.2) is 0 Å². The van der Waals surface area contributed by atoms with Crippen LogP contribution in [0.2, 0.25) is 0 Å². The second kappa shape index (κ2) is 7.95. The Morgan fingerprint density at radius 3 is 2.72 bits per heavy atom. The van der Waals surface area contributed by atoms with E-state index in [1.165, 1.54) is 6.07 Å². The third-order valence-corrected chi connectivity index (χ3v) is 4.94. The van der Waals surface area contributed by atoms with Crippen molar-refractivity contribution in [1.29, 1.82) is 0 Å². The van der Waals surface area contributed by atoms with Crippen LogP contribution >= 0.6 is 0 Å². The molecule has 0 bridgehead atoms. The van der Waals surface area contributed by atoms with Crippen molar-refractivity contribution in [2.45, 2.75) is 12.7 Å². The van der Waals surface area contributed by atoms with E-state index >= 15 is 0 Å². The fourth-order valence-electron chi connectivity index (χ4n) is 3.60. The molecule has 3 aromatic carbocycles. The highest BCUT2D eigenvalue weighted by Gasteiger charge is 2.30. The predicted octanol–water partition coefficient (Wildman–Crippen LogP) is 5.86. The van der Waals surface area contributed by atoms with Gasteiger partial charge in [-0.2, -0.15) is 8.78 Å². The van der Waals surface area contributed by atoms with Crippen molar-refractivity contribution in [2.75, 3.05) is 18.5 Å². The van der Waals surface area contributed by atoms with Crippen LogP contribution in [0.3, 0.4) is 0 Å². The van der Waals surface area contributed by atoms with Gasteiger partial charge in [0.1, 0.15) is 17.6 Å². The predicted molar refractivity (Wildman–Crippen MR) is 110 cm³/mol. The minimum Gasteiger partial charge on any atom is -0.480 e. The fourth-order valence-corrected chi connectivity index (χ4v) is 3.60. The summed E-state index contributed by atoms with van der Waals surface area (Å²) in [6, 6.07) is 21.6. The van der Waals surface area contributed by atoms with Gasteiger partial charge in [-0.15, -0.1) is 6.58 Å². The van der Waals surface area contributed by atoms with E-state index in [1.807, 2.05) is 49.5 Å². The number of rotatable bonds is 6. The molecule has 0 spiro atoms. The van der Waals surface area contributed by atoms with Gasteiger partial charge >= 0.3 is 6.61 Å². The maximum absolute atomic E-state index is 12.9. The minimum atomic E-state index is -2.90. The molecule has 1 unspecified atom stereocenters. The van der Waals surface area contributed by atoms with E-state index in [2.05, 4.69) is 17.5 Å². The highest BCUT2D eigenvalue weighted by atomic mass is 19.3. The largest absolute Gasteiger partial charge is 0.480 e. The molecule has 0 amide bonds. The molecule has 1 atom stereocenters. The fraction of sp³-hybridized carbons (Fsp3) is 0.167. The Hall–Kier alpha value is -3.34. The van der Waals surface area contributed by atoms with Crippen LogP contribution in [0.5, 0.6) is 11.5 Å². The number of benzene rings is 3. The maximum atomic E-state index is 12.9. The molecule has 0 aliphatic carbocycles. The topological polar surface area (TPSA) is 21.7 Å². The summed E-state index contributed by atoms with van der Waals surface area (Å²) in [5.41, 5.74) is 4.23. The molecule has 1 aliphatic rings. The maximum Gasteiger partial charge on any atom is 0.387 e. The SMILES string of the molecule is C=CCN(C)c1ccc(C2Oc3cccc(OC(F)F)c3-c3cc[c]cc32)cc1. The van der Waals surface area contributed by atoms with E-state index in [-0.39, 0.29) is 11.9 Å². The lowest BCUT2D eigenvalue weighted by Gasteiger charge is -2.30. The van der Waals surface area contributed by atoms with Crippen molar-refractivity contribution in [3.8, 4) is 22.6 Å². The molecule has 4 rings (SSSR count). The summed E-state index contributed by atoms with van der Waals surface area (Å²) in [5.74, 6) is 0.615. The van der Waals surface area contributed by atoms with Crippen LogP contribution in [0.25, 0.3) is 11.1 Å². The van der Waals surface area contributed by atoms with Crippen molar-refractivity contribution in [3.05, 3.63) is 90.5 Å². The number of alkyl halides is 2. The molecule has 0 fully saturated rings. The quantitative estimate of drug-likeness (QED) is 0.491. The number of likely N-dealkylation sites (N-methyl/N-ethyl adjacent to an activating group) is 1. The van der Waals surface area contributed by atoms with Crippen molar-refractivity contribution >= 4 is 5.69 Å². The minimum absolute atomic E-state index is 0.102. The molecule has 1 radical (unpaired) electrons. The zero-order valence-corrected chi connectivity index (χ0v) is 15.9. The van der Waals surface area contributed by atoms with Gasteiger partial charge in [-0.25, -0.2) is 0 Å². The number of anilines is 1. The summed E-state index contributed by atoms with van der Waals surface area (Å²) in [6.07, 6.45) is 1.48. The summed E-state index contributed by atoms with van der Waals surface area (Å²) in [5, 5.41) is 0. The lowest BCUT2D eigenvalue weighted by atomic mass is 9.89. The zero-order valence-electron chi connectivity index (χ0n) is 15.9. The third kappa shape index (κ3) is 3.68. The van der Waals surface area contributed by atoms with Crippen molar-refractivity contribution in [3.63, 3.8) is 0 Å². The first-order valence-electron chi connectivity index (χ1n) is 9.25. The van der Waals surface area contributed by atoms with Gasteiger partial charge < -0.3 is 14.4 Å². The van der Waals surface area contributed by atoms with Gasteiger partial charge in [0.2, 0.25) is 0 Å². The Morgan fingerprint density at radius 1 is 1.21 bits per heavy atom. The lowest BCUT2D eigenvalue weighted by Crippen LogP contribution is -2.18. The summed E-state index contributed by atoms with van der Waals surface area (Å²) < 4.78 is 36.8. The molecule has 0 saturated heterocycles. The monoisotopic (exact) mass is 392 g/mol. The second-order valence-electron chi connectivity index (χ2n) is 6.78. The molecule has 0 aromatic heterocycles. The Labute approximate surface area is 168 Å². The van der Waals surface area contributed by atoms with Crippen LogP contribution in [-0.4, -0.2) is 20.2 Å². The van der Waals surface area contributed by atoms with Crippen LogP contribution in [0, 0.1) is 6.07 Å². The van der Waals surface area contributed by atoms with E-state index in [0.717, 1.165) is 28.9 Å². The summed E-state index contributed by atoms with van der Waals surface area (Å²) in [6.45, 7) is 1.61. The number of hydrogen-bond acceptors (Lipinski definition) is 3. The average Bonchev–Trinajstić information content (AvgIpc) is 2.73. The molecule has 1 heterocycles. The Bertz CT molecular complexity index is 1020. The van der Waals surface area contributed by atoms with E-state index in [9.17, 15) is 8.78 Å². The molecule has 5 heteroatoms. The summed E-state index contributed by atoms with van der Waals surface area (Å²) in [7, 11) is 2.00. The highest BCUT2D eigenvalue weighted by Crippen LogP contribution is 2.49. The standard InChI is InChI=1S/C24H20F2NO2/c1-3-15-27(2)17-13-11-16(12-14-17)23-19-8-5-4-7-18(19)22-20(28-23)9-6-10-21(22)29-24(25)26/h3-4,6-14,23-24H,1,15H2,2H3. The molecule has 0 saturated carbocycles. The van der Waals surface area contributed by atoms with Crippen molar-refractivity contribution in [2.24, 2.45) is 0 Å². The van der Waals surface area contributed by atoms with Gasteiger partial charge in [-0.05, 0) is 47.5 Å². The third-order valence-electron chi connectivity index (χ3n) is 4.94. The Kier molecular flexibility index (Phi) is 5.21. The smallest absolute Gasteiger partial charge is 0.387 e. The van der Waals surface area contributed by atoms with E-state index < -0.39 is 6.61 Å². The van der Waals surface area contributed by atoms with Crippen LogP contribution in [0.4, 0.5) is 14.5 Å². The lowest BCUT2D eigenvalue weighted by molar-refractivity contribution is -0.0496. The van der Waals surface area contributed by atoms with Gasteiger partial charge in [0.25, 0.3) is 0 Å². The average molecular weight is 392 g/mol. The second-order valence-corrected chi connectivity index (χ2v) is 6.78. The number of ether oxygens (including phenoxy) is 2. The van der Waals surface area contributed by atoms with E-state index in [0.29, 0.717) is 11.3 Å². The van der Waals surface area contributed by atoms with E-state index in [4.69, 9.17) is 9.47 Å². The molecule has 3 nitrogen and oxygen atoms in total. The molecule has 3 aromatic rings. The number of fused-ring (bicyclic) bond motifs is 3. The first-order chi connectivity index (χ1) is 14.1. The zero-order chi connectivity index (χ0) is 20.4. The molecule has 1 aliphatic heterocycles. The van der Waals surface area contributed by atoms with Crippen LogP contribution in [-0.2, 0) is 0 Å². The molecular weight excluding hydrogens is 372 g/mol. The highest BCUT2D eigenvalue weighted by molar-refractivity contribution is 5.81. The van der Waals surface area contributed by atoms with Gasteiger partial charge in [0.05, 0.1) is 5.56 Å². The Morgan fingerprint density at radius 2 is 2.00 bits per heavy atom. The van der Waals surface area contributed by atoms with Crippen LogP contribution < -0.4 is 14.4 Å². The Balaban J connectivity index is 1.75. The van der Waals surface area contributed by atoms with Crippen molar-refractivity contribution in [1.82, 2.24) is 0 Å². The van der Waals surface area contributed by atoms with E-state index in [1.54, 1.807) is 18.2 Å². The first kappa shape index (κ1) is 19.0. The number of nitrogens with zero attached hydrogens (tertiary/aromatic N) is 1. The molecule has 147 valence electrons.